The second-order valence-corrected chi connectivity index (χ2v) is 6.60. The van der Waals surface area contributed by atoms with Crippen LogP contribution >= 0.6 is 0 Å². The standard InChI is InChI=1S/C24H19N3O6/c1-32-21-13-7-19(8-14-21)24(29)26-25-16-18-4-11-22(12-5-18)33-23(28)15-6-17-2-9-20(10-3-17)27(30)31/h2-16H,1H3,(H,26,29). The number of esters is 1. The number of carbonyl (C=O) groups excluding carboxylic acids is 2. The summed E-state index contributed by atoms with van der Waals surface area (Å²) in [5.74, 6) is 0.0197. The molecular weight excluding hydrogens is 426 g/mol. The van der Waals surface area contributed by atoms with Gasteiger partial charge in [0.15, 0.2) is 0 Å². The smallest absolute Gasteiger partial charge is 0.336 e. The molecule has 166 valence electrons. The Morgan fingerprint density at radius 2 is 1.52 bits per heavy atom. The molecule has 0 fully saturated rings. The van der Waals surface area contributed by atoms with E-state index in [1.807, 2.05) is 0 Å². The first-order valence-electron chi connectivity index (χ1n) is 9.66. The number of nitro groups is 1. The summed E-state index contributed by atoms with van der Waals surface area (Å²) in [6, 6.07) is 18.9. The van der Waals surface area contributed by atoms with Crippen LogP contribution in [-0.2, 0) is 4.79 Å². The average molecular weight is 445 g/mol. The Labute approximate surface area is 189 Å². The summed E-state index contributed by atoms with van der Waals surface area (Å²) >= 11 is 0. The Morgan fingerprint density at radius 1 is 0.909 bits per heavy atom. The van der Waals surface area contributed by atoms with Crippen LogP contribution in [0, 0.1) is 10.1 Å². The number of hydrogen-bond donors (Lipinski definition) is 1. The van der Waals surface area contributed by atoms with Gasteiger partial charge in [0.2, 0.25) is 0 Å². The summed E-state index contributed by atoms with van der Waals surface area (Å²) in [4.78, 5) is 34.2. The van der Waals surface area contributed by atoms with Crippen molar-refractivity contribution in [3.8, 4) is 11.5 Å². The molecule has 33 heavy (non-hydrogen) atoms. The van der Waals surface area contributed by atoms with E-state index < -0.39 is 10.9 Å². The fourth-order valence-corrected chi connectivity index (χ4v) is 2.62. The van der Waals surface area contributed by atoms with Gasteiger partial charge in [0.1, 0.15) is 11.5 Å². The summed E-state index contributed by atoms with van der Waals surface area (Å²) in [7, 11) is 1.55. The number of nitrogens with zero attached hydrogens (tertiary/aromatic N) is 2. The third-order valence-corrected chi connectivity index (χ3v) is 4.35. The number of nitro benzene ring substituents is 1. The molecule has 3 aromatic rings. The number of hydrazone groups is 1. The number of amides is 1. The largest absolute Gasteiger partial charge is 0.497 e. The predicted molar refractivity (Wildman–Crippen MR) is 122 cm³/mol. The van der Waals surface area contributed by atoms with Gasteiger partial charge < -0.3 is 9.47 Å². The molecule has 0 radical (unpaired) electrons. The topological polar surface area (TPSA) is 120 Å². The molecule has 0 aliphatic heterocycles. The van der Waals surface area contributed by atoms with Gasteiger partial charge in [-0.1, -0.05) is 0 Å². The van der Waals surface area contributed by atoms with Crippen molar-refractivity contribution in [3.63, 3.8) is 0 Å². The summed E-state index contributed by atoms with van der Waals surface area (Å²) in [5, 5.41) is 14.6. The predicted octanol–water partition coefficient (Wildman–Crippen LogP) is 3.99. The first-order chi connectivity index (χ1) is 15.9. The molecule has 0 heterocycles. The second kappa shape index (κ2) is 11.0. The third-order valence-electron chi connectivity index (χ3n) is 4.35. The summed E-state index contributed by atoms with van der Waals surface area (Å²) < 4.78 is 10.3. The van der Waals surface area contributed by atoms with Crippen LogP contribution in [0.2, 0.25) is 0 Å². The Bertz CT molecular complexity index is 1180. The number of hydrogen-bond acceptors (Lipinski definition) is 7. The number of ether oxygens (including phenoxy) is 2. The van der Waals surface area contributed by atoms with E-state index in [4.69, 9.17) is 9.47 Å². The summed E-state index contributed by atoms with van der Waals surface area (Å²) in [6.45, 7) is 0. The lowest BCUT2D eigenvalue weighted by Gasteiger charge is -2.03. The first-order valence-corrected chi connectivity index (χ1v) is 9.66. The van der Waals surface area contributed by atoms with Crippen LogP contribution in [0.15, 0.2) is 84.0 Å². The van der Waals surface area contributed by atoms with E-state index in [2.05, 4.69) is 10.5 Å². The molecule has 0 aliphatic rings. The molecule has 0 aliphatic carbocycles. The van der Waals surface area contributed by atoms with Gasteiger partial charge in [-0.3, -0.25) is 14.9 Å². The average Bonchev–Trinajstić information content (AvgIpc) is 2.84. The highest BCUT2D eigenvalue weighted by molar-refractivity contribution is 5.95. The molecule has 3 aromatic carbocycles. The fraction of sp³-hybridized carbons (Fsp3) is 0.0417. The van der Waals surface area contributed by atoms with E-state index in [1.54, 1.807) is 55.6 Å². The van der Waals surface area contributed by atoms with E-state index in [0.29, 0.717) is 28.2 Å². The number of nitrogens with one attached hydrogen (secondary N) is 1. The number of methoxy groups -OCH3 is 1. The number of non-ortho nitro benzene ring substituents is 1. The van der Waals surface area contributed by atoms with Gasteiger partial charge in [-0.25, -0.2) is 10.2 Å². The highest BCUT2D eigenvalue weighted by Gasteiger charge is 2.05. The SMILES string of the molecule is COc1ccc(C(=O)NN=Cc2ccc(OC(=O)C=Cc3ccc([N+](=O)[O-])cc3)cc2)cc1. The normalized spacial score (nSPS) is 10.8. The van der Waals surface area contributed by atoms with Gasteiger partial charge in [0, 0.05) is 23.8 Å². The van der Waals surface area contributed by atoms with Crippen molar-refractivity contribution < 1.29 is 24.0 Å². The molecule has 9 heteroatoms. The monoisotopic (exact) mass is 445 g/mol. The zero-order valence-electron chi connectivity index (χ0n) is 17.5. The van der Waals surface area contributed by atoms with Gasteiger partial charge in [-0.15, -0.1) is 0 Å². The summed E-state index contributed by atoms with van der Waals surface area (Å²) in [6.07, 6.45) is 4.19. The van der Waals surface area contributed by atoms with Gasteiger partial charge in [-0.05, 0) is 77.9 Å². The Hall–Kier alpha value is -4.79. The van der Waals surface area contributed by atoms with Crippen molar-refractivity contribution in [1.82, 2.24) is 5.43 Å². The molecular formula is C24H19N3O6. The molecule has 3 rings (SSSR count). The van der Waals surface area contributed by atoms with Crippen LogP contribution in [0.1, 0.15) is 21.5 Å². The molecule has 1 amide bonds. The Morgan fingerprint density at radius 3 is 2.12 bits per heavy atom. The molecule has 0 aromatic heterocycles. The van der Waals surface area contributed by atoms with Crippen molar-refractivity contribution in [2.24, 2.45) is 5.10 Å². The lowest BCUT2D eigenvalue weighted by atomic mass is 10.2. The van der Waals surface area contributed by atoms with E-state index in [-0.39, 0.29) is 11.6 Å². The van der Waals surface area contributed by atoms with E-state index in [0.717, 1.165) is 0 Å². The molecule has 0 saturated carbocycles. The third kappa shape index (κ3) is 6.86. The van der Waals surface area contributed by atoms with Gasteiger partial charge in [0.05, 0.1) is 18.2 Å². The number of benzene rings is 3. The lowest BCUT2D eigenvalue weighted by Crippen LogP contribution is -2.17. The number of carbonyl (C=O) groups is 2. The summed E-state index contributed by atoms with van der Waals surface area (Å²) in [5.41, 5.74) is 4.16. The van der Waals surface area contributed by atoms with E-state index in [1.165, 1.54) is 42.6 Å². The van der Waals surface area contributed by atoms with Gasteiger partial charge >= 0.3 is 5.97 Å². The Balaban J connectivity index is 1.50. The van der Waals surface area contributed by atoms with Crippen molar-refractivity contribution in [2.45, 2.75) is 0 Å². The first kappa shape index (κ1) is 22.9. The van der Waals surface area contributed by atoms with Crippen LogP contribution in [0.5, 0.6) is 11.5 Å². The Kier molecular flexibility index (Phi) is 7.63. The van der Waals surface area contributed by atoms with E-state index >= 15 is 0 Å². The van der Waals surface area contributed by atoms with Crippen LogP contribution < -0.4 is 14.9 Å². The minimum absolute atomic E-state index is 0.0290. The van der Waals surface area contributed by atoms with Crippen LogP contribution in [0.25, 0.3) is 6.08 Å². The molecule has 9 nitrogen and oxygen atoms in total. The highest BCUT2D eigenvalue weighted by atomic mass is 16.6. The molecule has 0 saturated heterocycles. The molecule has 0 unspecified atom stereocenters. The minimum Gasteiger partial charge on any atom is -0.497 e. The molecule has 1 N–H and O–H groups in total. The number of rotatable bonds is 8. The van der Waals surface area contributed by atoms with Crippen molar-refractivity contribution in [1.29, 1.82) is 0 Å². The zero-order chi connectivity index (χ0) is 23.6. The van der Waals surface area contributed by atoms with Crippen molar-refractivity contribution >= 4 is 29.9 Å². The van der Waals surface area contributed by atoms with Gasteiger partial charge in [-0.2, -0.15) is 5.10 Å². The maximum Gasteiger partial charge on any atom is 0.336 e. The van der Waals surface area contributed by atoms with Crippen LogP contribution in [0.4, 0.5) is 5.69 Å². The quantitative estimate of drug-likeness (QED) is 0.140. The lowest BCUT2D eigenvalue weighted by molar-refractivity contribution is -0.384. The maximum absolute atomic E-state index is 12.1. The zero-order valence-corrected chi connectivity index (χ0v) is 17.5. The van der Waals surface area contributed by atoms with Gasteiger partial charge in [0.25, 0.3) is 11.6 Å². The van der Waals surface area contributed by atoms with Crippen molar-refractivity contribution in [3.05, 3.63) is 106 Å². The fourth-order valence-electron chi connectivity index (χ4n) is 2.62. The molecule has 0 spiro atoms. The molecule has 0 atom stereocenters. The maximum atomic E-state index is 12.1. The second-order valence-electron chi connectivity index (χ2n) is 6.60. The van der Waals surface area contributed by atoms with Crippen molar-refractivity contribution in [2.75, 3.05) is 7.11 Å². The van der Waals surface area contributed by atoms with Crippen LogP contribution in [0.3, 0.4) is 0 Å². The van der Waals surface area contributed by atoms with Crippen LogP contribution in [-0.4, -0.2) is 30.1 Å². The highest BCUT2D eigenvalue weighted by Crippen LogP contribution is 2.15. The minimum atomic E-state index is -0.596. The molecule has 0 bridgehead atoms. The van der Waals surface area contributed by atoms with E-state index in [9.17, 15) is 19.7 Å².